The highest BCUT2D eigenvalue weighted by Crippen LogP contribution is 2.21. The first kappa shape index (κ1) is 11.9. The quantitative estimate of drug-likeness (QED) is 0.814. The molecule has 0 bridgehead atoms. The Hall–Kier alpha value is -1.55. The molecule has 0 unspecified atom stereocenters. The highest BCUT2D eigenvalue weighted by Gasteiger charge is 2.28. The van der Waals surface area contributed by atoms with E-state index in [1.807, 2.05) is 24.3 Å². The first-order valence-electron chi connectivity index (χ1n) is 5.78. The molecule has 1 amide bonds. The van der Waals surface area contributed by atoms with Gasteiger partial charge in [0.05, 0.1) is 19.6 Å². The highest BCUT2D eigenvalue weighted by molar-refractivity contribution is 5.79. The van der Waals surface area contributed by atoms with E-state index < -0.39 is 0 Å². The van der Waals surface area contributed by atoms with E-state index in [1.54, 1.807) is 7.11 Å². The molecule has 0 aromatic heterocycles. The van der Waals surface area contributed by atoms with E-state index in [1.165, 1.54) is 0 Å². The predicted octanol–water partition coefficient (Wildman–Crippen LogP) is 0.877. The molecule has 0 radical (unpaired) electrons. The van der Waals surface area contributed by atoms with E-state index >= 15 is 0 Å². The molecule has 2 N–H and O–H groups in total. The average Bonchev–Trinajstić information content (AvgIpc) is 2.27. The molecule has 1 aliphatic rings. The minimum absolute atomic E-state index is 0.0219. The van der Waals surface area contributed by atoms with Crippen molar-refractivity contribution in [3.05, 3.63) is 29.8 Å². The molecule has 4 heteroatoms. The number of para-hydroxylation sites is 1. The Balaban J connectivity index is 1.89. The maximum atomic E-state index is 11.7. The SMILES string of the molecule is COc1ccccc1CC(=O)NC1CC(O)C1. The van der Waals surface area contributed by atoms with Gasteiger partial charge >= 0.3 is 0 Å². The maximum Gasteiger partial charge on any atom is 0.224 e. The Labute approximate surface area is 101 Å². The number of hydrogen-bond acceptors (Lipinski definition) is 3. The maximum absolute atomic E-state index is 11.7. The monoisotopic (exact) mass is 235 g/mol. The molecule has 17 heavy (non-hydrogen) atoms. The van der Waals surface area contributed by atoms with Crippen molar-refractivity contribution in [2.45, 2.75) is 31.4 Å². The Morgan fingerprint density at radius 3 is 2.82 bits per heavy atom. The van der Waals surface area contributed by atoms with Gasteiger partial charge in [-0.1, -0.05) is 18.2 Å². The Morgan fingerprint density at radius 1 is 1.47 bits per heavy atom. The van der Waals surface area contributed by atoms with Crippen molar-refractivity contribution in [3.63, 3.8) is 0 Å². The number of nitrogens with one attached hydrogen (secondary N) is 1. The summed E-state index contributed by atoms with van der Waals surface area (Å²) in [6.07, 6.45) is 1.40. The molecule has 0 heterocycles. The predicted molar refractivity (Wildman–Crippen MR) is 63.9 cm³/mol. The topological polar surface area (TPSA) is 58.6 Å². The van der Waals surface area contributed by atoms with Gasteiger partial charge in [0.15, 0.2) is 0 Å². The van der Waals surface area contributed by atoms with Crippen LogP contribution in [0.15, 0.2) is 24.3 Å². The van der Waals surface area contributed by atoms with Crippen LogP contribution in [-0.4, -0.2) is 30.3 Å². The molecular weight excluding hydrogens is 218 g/mol. The molecule has 1 saturated carbocycles. The smallest absolute Gasteiger partial charge is 0.224 e. The molecule has 4 nitrogen and oxygen atoms in total. The molecule has 1 aliphatic carbocycles. The van der Waals surface area contributed by atoms with Gasteiger partial charge in [-0.2, -0.15) is 0 Å². The standard InChI is InChI=1S/C13H17NO3/c1-17-12-5-3-2-4-9(12)6-13(16)14-10-7-11(15)8-10/h2-5,10-11,15H,6-8H2,1H3,(H,14,16). The van der Waals surface area contributed by atoms with Crippen LogP contribution in [0.2, 0.25) is 0 Å². The van der Waals surface area contributed by atoms with Gasteiger partial charge in [0.1, 0.15) is 5.75 Å². The second kappa shape index (κ2) is 5.19. The van der Waals surface area contributed by atoms with Gasteiger partial charge in [0.25, 0.3) is 0 Å². The second-order valence-corrected chi connectivity index (χ2v) is 4.38. The summed E-state index contributed by atoms with van der Waals surface area (Å²) in [5.74, 6) is 0.711. The first-order valence-corrected chi connectivity index (χ1v) is 5.78. The average molecular weight is 235 g/mol. The number of methoxy groups -OCH3 is 1. The zero-order valence-electron chi connectivity index (χ0n) is 9.85. The number of aliphatic hydroxyl groups excluding tert-OH is 1. The summed E-state index contributed by atoms with van der Waals surface area (Å²) in [5.41, 5.74) is 0.882. The van der Waals surface area contributed by atoms with Gasteiger partial charge < -0.3 is 15.2 Å². The minimum Gasteiger partial charge on any atom is -0.496 e. The van der Waals surface area contributed by atoms with Crippen LogP contribution in [-0.2, 0) is 11.2 Å². The summed E-state index contributed by atoms with van der Waals surface area (Å²) < 4.78 is 5.19. The van der Waals surface area contributed by atoms with Crippen LogP contribution in [0, 0.1) is 0 Å². The molecule has 0 spiro atoms. The van der Waals surface area contributed by atoms with Crippen molar-refractivity contribution in [3.8, 4) is 5.75 Å². The van der Waals surface area contributed by atoms with Crippen LogP contribution in [0.4, 0.5) is 0 Å². The number of benzene rings is 1. The lowest BCUT2D eigenvalue weighted by molar-refractivity contribution is -0.122. The van der Waals surface area contributed by atoms with Gasteiger partial charge in [0.2, 0.25) is 5.91 Å². The van der Waals surface area contributed by atoms with Crippen molar-refractivity contribution in [2.75, 3.05) is 7.11 Å². The summed E-state index contributed by atoms with van der Waals surface area (Å²) in [6, 6.07) is 7.62. The number of hydrogen-bond donors (Lipinski definition) is 2. The van der Waals surface area contributed by atoms with Gasteiger partial charge in [-0.25, -0.2) is 0 Å². The van der Waals surface area contributed by atoms with E-state index in [0.717, 1.165) is 11.3 Å². The van der Waals surface area contributed by atoms with E-state index in [4.69, 9.17) is 9.84 Å². The normalized spacial score (nSPS) is 22.7. The zero-order chi connectivity index (χ0) is 12.3. The summed E-state index contributed by atoms with van der Waals surface area (Å²) >= 11 is 0. The van der Waals surface area contributed by atoms with E-state index in [0.29, 0.717) is 19.3 Å². The van der Waals surface area contributed by atoms with Crippen LogP contribution in [0.1, 0.15) is 18.4 Å². The van der Waals surface area contributed by atoms with Crippen LogP contribution >= 0.6 is 0 Å². The van der Waals surface area contributed by atoms with Crippen molar-refractivity contribution in [2.24, 2.45) is 0 Å². The molecule has 1 fully saturated rings. The fourth-order valence-corrected chi connectivity index (χ4v) is 2.01. The fourth-order valence-electron chi connectivity index (χ4n) is 2.01. The molecule has 1 aromatic rings. The van der Waals surface area contributed by atoms with E-state index in [-0.39, 0.29) is 18.1 Å². The lowest BCUT2D eigenvalue weighted by Crippen LogP contribution is -2.47. The number of carbonyl (C=O) groups is 1. The molecule has 0 aliphatic heterocycles. The van der Waals surface area contributed by atoms with Crippen LogP contribution < -0.4 is 10.1 Å². The van der Waals surface area contributed by atoms with Gasteiger partial charge in [0, 0.05) is 11.6 Å². The van der Waals surface area contributed by atoms with E-state index in [9.17, 15) is 4.79 Å². The van der Waals surface area contributed by atoms with Crippen molar-refractivity contribution in [1.29, 1.82) is 0 Å². The first-order chi connectivity index (χ1) is 8.19. The lowest BCUT2D eigenvalue weighted by atomic mass is 9.89. The molecule has 0 saturated heterocycles. The van der Waals surface area contributed by atoms with Crippen LogP contribution in [0.5, 0.6) is 5.75 Å². The molecule has 2 rings (SSSR count). The summed E-state index contributed by atoms with van der Waals surface area (Å²) in [6.45, 7) is 0. The molecule has 1 aromatic carbocycles. The largest absolute Gasteiger partial charge is 0.496 e. The third-order valence-corrected chi connectivity index (χ3v) is 3.02. The number of aliphatic hydroxyl groups is 1. The van der Waals surface area contributed by atoms with Crippen molar-refractivity contribution >= 4 is 5.91 Å². The summed E-state index contributed by atoms with van der Waals surface area (Å²) in [7, 11) is 1.60. The Kier molecular flexibility index (Phi) is 3.64. The number of carbonyl (C=O) groups excluding carboxylic acids is 1. The molecule has 92 valence electrons. The second-order valence-electron chi connectivity index (χ2n) is 4.38. The highest BCUT2D eigenvalue weighted by atomic mass is 16.5. The van der Waals surface area contributed by atoms with Gasteiger partial charge in [-0.3, -0.25) is 4.79 Å². The van der Waals surface area contributed by atoms with Gasteiger partial charge in [-0.05, 0) is 18.9 Å². The number of amides is 1. The fraction of sp³-hybridized carbons (Fsp3) is 0.462. The third-order valence-electron chi connectivity index (χ3n) is 3.02. The van der Waals surface area contributed by atoms with Gasteiger partial charge in [-0.15, -0.1) is 0 Å². The third kappa shape index (κ3) is 2.97. The lowest BCUT2D eigenvalue weighted by Gasteiger charge is -2.32. The van der Waals surface area contributed by atoms with Crippen LogP contribution in [0.25, 0.3) is 0 Å². The molecule has 0 atom stereocenters. The van der Waals surface area contributed by atoms with E-state index in [2.05, 4.69) is 5.32 Å². The Bertz CT molecular complexity index is 399. The van der Waals surface area contributed by atoms with Crippen molar-refractivity contribution < 1.29 is 14.6 Å². The summed E-state index contributed by atoms with van der Waals surface area (Å²) in [4.78, 5) is 11.7. The number of ether oxygens (including phenoxy) is 1. The Morgan fingerprint density at radius 2 is 2.18 bits per heavy atom. The summed E-state index contributed by atoms with van der Waals surface area (Å²) in [5, 5.41) is 12.0. The van der Waals surface area contributed by atoms with Crippen molar-refractivity contribution in [1.82, 2.24) is 5.32 Å². The zero-order valence-corrected chi connectivity index (χ0v) is 9.85. The molecular formula is C13H17NO3. The number of rotatable bonds is 4. The van der Waals surface area contributed by atoms with Crippen LogP contribution in [0.3, 0.4) is 0 Å². The minimum atomic E-state index is -0.244.